The molecule has 0 saturated heterocycles. The van der Waals surface area contributed by atoms with E-state index in [-0.39, 0.29) is 11.8 Å². The lowest BCUT2D eigenvalue weighted by Crippen LogP contribution is -2.24. The van der Waals surface area contributed by atoms with E-state index in [0.717, 1.165) is 44.9 Å². The number of carbonyl (C=O) groups is 1. The summed E-state index contributed by atoms with van der Waals surface area (Å²) in [6, 6.07) is 0. The normalized spacial score (nSPS) is 14.1. The van der Waals surface area contributed by atoms with Crippen molar-refractivity contribution in [1.29, 1.82) is 0 Å². The summed E-state index contributed by atoms with van der Waals surface area (Å²) >= 11 is 0. The molecule has 144 valence electrons. The van der Waals surface area contributed by atoms with Crippen molar-refractivity contribution in [1.82, 2.24) is 5.32 Å². The van der Waals surface area contributed by atoms with Gasteiger partial charge < -0.3 is 5.32 Å². The van der Waals surface area contributed by atoms with Gasteiger partial charge in [-0.15, -0.1) is 0 Å². The fourth-order valence-corrected chi connectivity index (χ4v) is 2.18. The monoisotopic (exact) mass is 355 g/mol. The number of amides is 1. The van der Waals surface area contributed by atoms with E-state index >= 15 is 0 Å². The van der Waals surface area contributed by atoms with Gasteiger partial charge in [-0.05, 0) is 44.9 Å². The van der Waals surface area contributed by atoms with E-state index in [4.69, 9.17) is 0 Å². The molecule has 26 heavy (non-hydrogen) atoms. The van der Waals surface area contributed by atoms with Crippen LogP contribution in [-0.2, 0) is 4.79 Å². The molecular formula is C24H37NO. The predicted octanol–water partition coefficient (Wildman–Crippen LogP) is 6.46. The van der Waals surface area contributed by atoms with Crippen LogP contribution in [0.15, 0.2) is 72.9 Å². The predicted molar refractivity (Wildman–Crippen MR) is 116 cm³/mol. The topological polar surface area (TPSA) is 29.1 Å². The second-order valence-electron chi connectivity index (χ2n) is 6.17. The molecule has 2 heteroatoms. The summed E-state index contributed by atoms with van der Waals surface area (Å²) in [5, 5.41) is 2.67. The Kier molecular flexibility index (Phi) is 17.7. The van der Waals surface area contributed by atoms with Crippen LogP contribution in [0.3, 0.4) is 0 Å². The van der Waals surface area contributed by atoms with E-state index < -0.39 is 0 Å². The minimum Gasteiger partial charge on any atom is -0.359 e. The van der Waals surface area contributed by atoms with Crippen LogP contribution < -0.4 is 5.32 Å². The first-order valence-corrected chi connectivity index (χ1v) is 9.83. The molecule has 0 spiro atoms. The SMILES string of the molecule is CC/C=C\C/C=C\C/C=C\C/C=C\C/C=C\C/C=C\CC(C)C(=O)NC. The van der Waals surface area contributed by atoms with Crippen LogP contribution in [0.5, 0.6) is 0 Å². The molecule has 1 atom stereocenters. The highest BCUT2D eigenvalue weighted by atomic mass is 16.1. The molecule has 1 N–H and O–H groups in total. The largest absolute Gasteiger partial charge is 0.359 e. The van der Waals surface area contributed by atoms with Gasteiger partial charge in [0, 0.05) is 13.0 Å². The Bertz CT molecular complexity index is 506. The molecule has 2 nitrogen and oxygen atoms in total. The Morgan fingerprint density at radius 2 is 1.04 bits per heavy atom. The fraction of sp³-hybridized carbons (Fsp3) is 0.458. The minimum atomic E-state index is 0.0459. The Morgan fingerprint density at radius 1 is 0.692 bits per heavy atom. The van der Waals surface area contributed by atoms with Gasteiger partial charge in [0.1, 0.15) is 0 Å². The number of allylic oxidation sites excluding steroid dienone is 12. The second-order valence-corrected chi connectivity index (χ2v) is 6.17. The minimum absolute atomic E-state index is 0.0459. The molecule has 0 bridgehead atoms. The van der Waals surface area contributed by atoms with Crippen LogP contribution in [0.4, 0.5) is 0 Å². The molecule has 0 heterocycles. The number of rotatable bonds is 14. The van der Waals surface area contributed by atoms with Gasteiger partial charge in [-0.2, -0.15) is 0 Å². The summed E-state index contributed by atoms with van der Waals surface area (Å²) in [4.78, 5) is 11.3. The summed E-state index contributed by atoms with van der Waals surface area (Å²) in [6.45, 7) is 4.10. The Morgan fingerprint density at radius 3 is 1.38 bits per heavy atom. The van der Waals surface area contributed by atoms with E-state index in [1.807, 2.05) is 6.92 Å². The first-order valence-electron chi connectivity index (χ1n) is 9.83. The zero-order valence-corrected chi connectivity index (χ0v) is 16.9. The van der Waals surface area contributed by atoms with Gasteiger partial charge in [0.15, 0.2) is 0 Å². The van der Waals surface area contributed by atoms with E-state index in [0.29, 0.717) is 0 Å². The average Bonchev–Trinajstić information content (AvgIpc) is 2.66. The van der Waals surface area contributed by atoms with Crippen molar-refractivity contribution in [3.05, 3.63) is 72.9 Å². The first kappa shape index (κ1) is 23.9. The lowest BCUT2D eigenvalue weighted by atomic mass is 10.1. The summed E-state index contributed by atoms with van der Waals surface area (Å²) in [6.07, 6.45) is 33.1. The maximum Gasteiger partial charge on any atom is 0.222 e. The molecule has 1 unspecified atom stereocenters. The highest BCUT2D eigenvalue weighted by Gasteiger charge is 2.07. The molecule has 0 fully saturated rings. The van der Waals surface area contributed by atoms with E-state index in [1.165, 1.54) is 0 Å². The second kappa shape index (κ2) is 19.2. The van der Waals surface area contributed by atoms with Gasteiger partial charge in [0.25, 0.3) is 0 Å². The molecular weight excluding hydrogens is 318 g/mol. The van der Waals surface area contributed by atoms with Crippen LogP contribution in [0.1, 0.15) is 58.8 Å². The molecule has 0 aliphatic heterocycles. The Labute approximate surface area is 161 Å². The van der Waals surface area contributed by atoms with Gasteiger partial charge in [0.05, 0.1) is 0 Å². The lowest BCUT2D eigenvalue weighted by molar-refractivity contribution is -0.123. The number of hydrogen-bond acceptors (Lipinski definition) is 1. The third-order valence-corrected chi connectivity index (χ3v) is 3.78. The van der Waals surface area contributed by atoms with Crippen molar-refractivity contribution in [2.45, 2.75) is 58.8 Å². The third-order valence-electron chi connectivity index (χ3n) is 3.78. The number of nitrogens with one attached hydrogen (secondary N) is 1. The van der Waals surface area contributed by atoms with Crippen molar-refractivity contribution in [3.8, 4) is 0 Å². The molecule has 0 aromatic carbocycles. The standard InChI is InChI=1S/C24H37NO/c1-4-5-6-7-8-9-10-11-12-13-14-15-16-17-18-19-20-21-22-23(2)24(26)25-3/h5-6,8-9,11-12,14-15,17-18,20-21,23H,4,7,10,13,16,19,22H2,1-3H3,(H,25,26)/b6-5-,9-8-,12-11-,15-14-,18-17-,21-20-. The number of hydrogen-bond donors (Lipinski definition) is 1. The van der Waals surface area contributed by atoms with Gasteiger partial charge in [-0.3, -0.25) is 4.79 Å². The maximum absolute atomic E-state index is 11.3. The van der Waals surface area contributed by atoms with Gasteiger partial charge >= 0.3 is 0 Å². The summed E-state index contributed by atoms with van der Waals surface area (Å²) < 4.78 is 0. The van der Waals surface area contributed by atoms with Gasteiger partial charge in [0.2, 0.25) is 5.91 Å². The van der Waals surface area contributed by atoms with Gasteiger partial charge in [-0.1, -0.05) is 86.8 Å². The highest BCUT2D eigenvalue weighted by Crippen LogP contribution is 2.03. The highest BCUT2D eigenvalue weighted by molar-refractivity contribution is 5.78. The molecule has 0 aliphatic rings. The average molecular weight is 356 g/mol. The molecule has 0 rings (SSSR count). The van der Waals surface area contributed by atoms with Crippen LogP contribution in [0.25, 0.3) is 0 Å². The molecule has 0 radical (unpaired) electrons. The van der Waals surface area contributed by atoms with Crippen molar-refractivity contribution in [3.63, 3.8) is 0 Å². The summed E-state index contributed by atoms with van der Waals surface area (Å²) in [5.41, 5.74) is 0. The Hall–Kier alpha value is -2.09. The van der Waals surface area contributed by atoms with E-state index in [1.54, 1.807) is 7.05 Å². The van der Waals surface area contributed by atoms with E-state index in [9.17, 15) is 4.79 Å². The third kappa shape index (κ3) is 16.8. The van der Waals surface area contributed by atoms with Crippen molar-refractivity contribution in [2.24, 2.45) is 5.92 Å². The molecule has 0 aromatic heterocycles. The molecule has 0 saturated carbocycles. The molecule has 0 aromatic rings. The van der Waals surface area contributed by atoms with Crippen molar-refractivity contribution >= 4 is 5.91 Å². The van der Waals surface area contributed by atoms with Crippen LogP contribution in [0.2, 0.25) is 0 Å². The summed E-state index contributed by atoms with van der Waals surface area (Å²) in [7, 11) is 1.68. The zero-order chi connectivity index (χ0) is 19.3. The lowest BCUT2D eigenvalue weighted by Gasteiger charge is -2.05. The summed E-state index contributed by atoms with van der Waals surface area (Å²) in [5.74, 6) is 0.147. The van der Waals surface area contributed by atoms with Crippen molar-refractivity contribution < 1.29 is 4.79 Å². The Balaban J connectivity index is 3.62. The number of carbonyl (C=O) groups excluding carboxylic acids is 1. The van der Waals surface area contributed by atoms with Crippen LogP contribution >= 0.6 is 0 Å². The fourth-order valence-electron chi connectivity index (χ4n) is 2.18. The first-order chi connectivity index (χ1) is 12.7. The molecule has 1 amide bonds. The molecule has 0 aliphatic carbocycles. The quantitative estimate of drug-likeness (QED) is 0.356. The maximum atomic E-state index is 11.3. The van der Waals surface area contributed by atoms with Crippen LogP contribution in [-0.4, -0.2) is 13.0 Å². The van der Waals surface area contributed by atoms with Crippen LogP contribution in [0, 0.1) is 5.92 Å². The van der Waals surface area contributed by atoms with E-state index in [2.05, 4.69) is 85.2 Å². The van der Waals surface area contributed by atoms with Gasteiger partial charge in [-0.25, -0.2) is 0 Å². The zero-order valence-electron chi connectivity index (χ0n) is 16.9. The van der Waals surface area contributed by atoms with Crippen molar-refractivity contribution in [2.75, 3.05) is 7.05 Å². The smallest absolute Gasteiger partial charge is 0.222 e.